The van der Waals surface area contributed by atoms with Crippen molar-refractivity contribution in [3.8, 4) is 11.5 Å². The Kier molecular flexibility index (Phi) is 6.84. The normalized spacial score (nSPS) is 13.0. The largest absolute Gasteiger partial charge is 0.496 e. The summed E-state index contributed by atoms with van der Waals surface area (Å²) >= 11 is 3.50. The smallest absolute Gasteiger partial charge is 0.282 e. The Balaban J connectivity index is 2.01. The first-order chi connectivity index (χ1) is 12.0. The van der Waals surface area contributed by atoms with Gasteiger partial charge in [0, 0.05) is 5.56 Å². The average molecular weight is 408 g/mol. The molecular weight excluding hydrogens is 384 g/mol. The summed E-state index contributed by atoms with van der Waals surface area (Å²) in [5.41, 5.74) is 1.79. The van der Waals surface area contributed by atoms with Crippen LogP contribution in [0.1, 0.15) is 25.5 Å². The van der Waals surface area contributed by atoms with E-state index in [0.717, 1.165) is 15.8 Å². The van der Waals surface area contributed by atoms with Gasteiger partial charge in [-0.3, -0.25) is 4.79 Å². The van der Waals surface area contributed by atoms with Gasteiger partial charge in [-0.15, -0.1) is 0 Å². The molecule has 0 fully saturated rings. The third-order valence-corrected chi connectivity index (χ3v) is 4.68. The minimum absolute atomic E-state index is 0.0658. The molecule has 0 aliphatic rings. The highest BCUT2D eigenvalue weighted by molar-refractivity contribution is 9.10. The Morgan fingerprint density at radius 1 is 1.08 bits per heavy atom. The molecule has 6 heteroatoms. The molecule has 3 N–H and O–H groups in total. The summed E-state index contributed by atoms with van der Waals surface area (Å²) in [6.07, 6.45) is 0. The van der Waals surface area contributed by atoms with Crippen molar-refractivity contribution in [3.05, 3.63) is 52.5 Å². The van der Waals surface area contributed by atoms with Crippen LogP contribution in [0.5, 0.6) is 11.5 Å². The highest BCUT2D eigenvalue weighted by atomic mass is 79.9. The van der Waals surface area contributed by atoms with Gasteiger partial charge in [-0.2, -0.15) is 0 Å². The maximum absolute atomic E-state index is 12.5. The van der Waals surface area contributed by atoms with E-state index in [1.807, 2.05) is 54.7 Å². The molecule has 0 bridgehead atoms. The number of para-hydroxylation sites is 2. The van der Waals surface area contributed by atoms with Crippen molar-refractivity contribution in [2.75, 3.05) is 19.5 Å². The predicted octanol–water partition coefficient (Wildman–Crippen LogP) is 3.12. The second-order valence-corrected chi connectivity index (χ2v) is 6.71. The number of nitrogens with one attached hydrogen (secondary N) is 1. The lowest BCUT2D eigenvalue weighted by atomic mass is 10.1. The number of amides is 1. The van der Waals surface area contributed by atoms with Crippen LogP contribution in [0.3, 0.4) is 0 Å². The zero-order valence-electron chi connectivity index (χ0n) is 14.9. The van der Waals surface area contributed by atoms with E-state index in [9.17, 15) is 4.79 Å². The lowest BCUT2D eigenvalue weighted by Crippen LogP contribution is -2.91. The van der Waals surface area contributed by atoms with Gasteiger partial charge in [-0.1, -0.05) is 12.1 Å². The number of carbonyl (C=O) groups excluding carboxylic acids is 1. The average Bonchev–Trinajstić information content (AvgIpc) is 2.61. The molecule has 0 aromatic heterocycles. The van der Waals surface area contributed by atoms with E-state index in [2.05, 4.69) is 28.2 Å². The summed E-state index contributed by atoms with van der Waals surface area (Å²) in [6, 6.07) is 13.2. The van der Waals surface area contributed by atoms with Gasteiger partial charge >= 0.3 is 0 Å². The molecule has 2 aromatic carbocycles. The molecule has 0 aliphatic carbocycles. The van der Waals surface area contributed by atoms with E-state index in [1.165, 1.54) is 0 Å². The van der Waals surface area contributed by atoms with Crippen molar-refractivity contribution in [1.29, 1.82) is 0 Å². The highest BCUT2D eigenvalue weighted by Crippen LogP contribution is 2.27. The Morgan fingerprint density at radius 3 is 2.40 bits per heavy atom. The number of hydrogen-bond acceptors (Lipinski definition) is 3. The molecule has 0 saturated heterocycles. The fraction of sp³-hybridized carbons (Fsp3) is 0.316. The first kappa shape index (κ1) is 19.3. The lowest BCUT2D eigenvalue weighted by molar-refractivity contribution is -0.709. The first-order valence-corrected chi connectivity index (χ1v) is 8.87. The summed E-state index contributed by atoms with van der Waals surface area (Å²) in [4.78, 5) is 12.5. The Bertz CT molecular complexity index is 736. The van der Waals surface area contributed by atoms with Gasteiger partial charge in [-0.05, 0) is 60.1 Å². The maximum Gasteiger partial charge on any atom is 0.282 e. The monoisotopic (exact) mass is 407 g/mol. The molecule has 134 valence electrons. The third-order valence-electron chi connectivity index (χ3n) is 4.06. The number of carbonyl (C=O) groups is 1. The van der Waals surface area contributed by atoms with Crippen LogP contribution in [0.4, 0.5) is 5.69 Å². The molecule has 0 saturated carbocycles. The van der Waals surface area contributed by atoms with E-state index < -0.39 is 0 Å². The molecule has 2 aromatic rings. The van der Waals surface area contributed by atoms with Gasteiger partial charge in [0.15, 0.2) is 6.04 Å². The van der Waals surface area contributed by atoms with Crippen molar-refractivity contribution in [1.82, 2.24) is 0 Å². The molecule has 0 radical (unpaired) electrons. The minimum Gasteiger partial charge on any atom is -0.496 e. The Hall–Kier alpha value is -2.05. The van der Waals surface area contributed by atoms with Crippen molar-refractivity contribution in [3.63, 3.8) is 0 Å². The summed E-state index contributed by atoms with van der Waals surface area (Å²) in [5, 5.41) is 4.95. The molecule has 2 atom stereocenters. The number of rotatable bonds is 7. The quantitative estimate of drug-likeness (QED) is 0.740. The number of nitrogens with two attached hydrogens (primary N) is 1. The molecular formula is C19H24BrN2O3+. The number of halogens is 1. The SMILES string of the molecule is COc1ccc([C@@H](C)[NH2+][C@H](C)C(=O)Nc2ccccc2OC)cc1Br. The summed E-state index contributed by atoms with van der Waals surface area (Å²) < 4.78 is 11.4. The molecule has 5 nitrogen and oxygen atoms in total. The summed E-state index contributed by atoms with van der Waals surface area (Å²) in [7, 11) is 3.23. The molecule has 0 heterocycles. The van der Waals surface area contributed by atoms with Crippen LogP contribution in [0.15, 0.2) is 46.9 Å². The van der Waals surface area contributed by atoms with E-state index >= 15 is 0 Å². The zero-order chi connectivity index (χ0) is 18.4. The molecule has 25 heavy (non-hydrogen) atoms. The van der Waals surface area contributed by atoms with Gasteiger partial charge in [-0.25, -0.2) is 0 Å². The van der Waals surface area contributed by atoms with Crippen LogP contribution >= 0.6 is 15.9 Å². The topological polar surface area (TPSA) is 64.2 Å². The van der Waals surface area contributed by atoms with Gasteiger partial charge in [0.2, 0.25) is 0 Å². The first-order valence-electron chi connectivity index (χ1n) is 8.08. The molecule has 1 amide bonds. The Morgan fingerprint density at radius 2 is 1.76 bits per heavy atom. The van der Waals surface area contributed by atoms with Crippen molar-refractivity contribution in [2.24, 2.45) is 0 Å². The van der Waals surface area contributed by atoms with Crippen molar-refractivity contribution < 1.29 is 19.6 Å². The van der Waals surface area contributed by atoms with Crippen LogP contribution in [0.2, 0.25) is 0 Å². The van der Waals surface area contributed by atoms with E-state index in [0.29, 0.717) is 11.4 Å². The number of methoxy groups -OCH3 is 2. The fourth-order valence-electron chi connectivity index (χ4n) is 2.59. The van der Waals surface area contributed by atoms with Gasteiger partial charge in [0.25, 0.3) is 5.91 Å². The van der Waals surface area contributed by atoms with E-state index in [-0.39, 0.29) is 18.0 Å². The summed E-state index contributed by atoms with van der Waals surface area (Å²) in [6.45, 7) is 3.96. The van der Waals surface area contributed by atoms with Gasteiger partial charge in [0.1, 0.15) is 17.5 Å². The standard InChI is InChI=1S/C19H23BrN2O3/c1-12(14-9-10-17(24-3)15(20)11-14)21-13(2)19(23)22-16-7-5-6-8-18(16)25-4/h5-13,21H,1-4H3,(H,22,23)/p+1/t12-,13-/m1/s1. The van der Waals surface area contributed by atoms with Gasteiger partial charge < -0.3 is 20.1 Å². The molecule has 0 spiro atoms. The highest BCUT2D eigenvalue weighted by Gasteiger charge is 2.21. The molecule has 0 aliphatic heterocycles. The zero-order valence-corrected chi connectivity index (χ0v) is 16.5. The van der Waals surface area contributed by atoms with E-state index in [4.69, 9.17) is 9.47 Å². The predicted molar refractivity (Wildman–Crippen MR) is 102 cm³/mol. The van der Waals surface area contributed by atoms with Crippen LogP contribution in [0, 0.1) is 0 Å². The molecule has 0 unspecified atom stereocenters. The summed E-state index contributed by atoms with van der Waals surface area (Å²) in [5.74, 6) is 1.37. The van der Waals surface area contributed by atoms with Crippen molar-refractivity contribution in [2.45, 2.75) is 25.9 Å². The second-order valence-electron chi connectivity index (χ2n) is 5.85. The third kappa shape index (κ3) is 4.96. The molecule has 2 rings (SSSR count). The van der Waals surface area contributed by atoms with E-state index in [1.54, 1.807) is 14.2 Å². The van der Waals surface area contributed by atoms with Crippen LogP contribution in [0.25, 0.3) is 0 Å². The van der Waals surface area contributed by atoms with Crippen molar-refractivity contribution >= 4 is 27.5 Å². The Labute approximate surface area is 156 Å². The minimum atomic E-state index is -0.249. The fourth-order valence-corrected chi connectivity index (χ4v) is 3.15. The number of hydrogen-bond donors (Lipinski definition) is 2. The number of anilines is 1. The van der Waals surface area contributed by atoms with Crippen LogP contribution in [-0.4, -0.2) is 26.2 Å². The number of benzene rings is 2. The lowest BCUT2D eigenvalue weighted by Gasteiger charge is -2.18. The number of ether oxygens (including phenoxy) is 2. The maximum atomic E-state index is 12.5. The number of quaternary nitrogens is 1. The van der Waals surface area contributed by atoms with Gasteiger partial charge in [0.05, 0.1) is 24.4 Å². The van der Waals surface area contributed by atoms with Crippen LogP contribution < -0.4 is 20.1 Å². The van der Waals surface area contributed by atoms with Crippen LogP contribution in [-0.2, 0) is 4.79 Å². The second kappa shape index (κ2) is 8.87.